The van der Waals surface area contributed by atoms with Gasteiger partial charge in [0.15, 0.2) is 0 Å². The van der Waals surface area contributed by atoms with Gasteiger partial charge in [0.05, 0.1) is 0 Å². The Balaban J connectivity index is 1.37. The Morgan fingerprint density at radius 1 is 0.217 bits per heavy atom. The normalized spacial score (nSPS) is 11.5. The molecule has 0 nitrogen and oxygen atoms in total. The van der Waals surface area contributed by atoms with Gasteiger partial charge in [0.1, 0.15) is 0 Å². The topological polar surface area (TPSA) is 0 Å². The van der Waals surface area contributed by atoms with E-state index in [9.17, 15) is 0 Å². The van der Waals surface area contributed by atoms with Crippen molar-refractivity contribution in [3.63, 3.8) is 0 Å². The van der Waals surface area contributed by atoms with Gasteiger partial charge in [0.2, 0.25) is 0 Å². The summed E-state index contributed by atoms with van der Waals surface area (Å²) < 4.78 is 0. The van der Waals surface area contributed by atoms with E-state index >= 15 is 0 Å². The molecule has 0 spiro atoms. The van der Waals surface area contributed by atoms with Crippen LogP contribution in [0.1, 0.15) is 0 Å². The second-order valence-corrected chi connectivity index (χ2v) is 12.1. The average molecular weight is 583 g/mol. The van der Waals surface area contributed by atoms with Gasteiger partial charge in [-0.25, -0.2) is 0 Å². The number of rotatable bonds is 4. The van der Waals surface area contributed by atoms with Gasteiger partial charge in [0, 0.05) is 0 Å². The third kappa shape index (κ3) is 4.30. The Kier molecular flexibility index (Phi) is 6.25. The van der Waals surface area contributed by atoms with E-state index < -0.39 is 0 Å². The molecule has 0 aliphatic rings. The minimum atomic E-state index is 1.23. The summed E-state index contributed by atoms with van der Waals surface area (Å²) in [6.45, 7) is 0. The van der Waals surface area contributed by atoms with Gasteiger partial charge >= 0.3 is 0 Å². The number of fused-ring (bicyclic) bond motifs is 4. The van der Waals surface area contributed by atoms with Crippen LogP contribution < -0.4 is 0 Å². The van der Waals surface area contributed by atoms with Crippen LogP contribution in [0.15, 0.2) is 182 Å². The maximum absolute atomic E-state index is 2.38. The van der Waals surface area contributed by atoms with Gasteiger partial charge in [-0.2, -0.15) is 0 Å². The van der Waals surface area contributed by atoms with E-state index in [1.165, 1.54) is 87.6 Å². The van der Waals surface area contributed by atoms with Gasteiger partial charge in [-0.3, -0.25) is 0 Å². The van der Waals surface area contributed by atoms with Crippen LogP contribution in [0.2, 0.25) is 0 Å². The summed E-state index contributed by atoms with van der Waals surface area (Å²) in [4.78, 5) is 0. The van der Waals surface area contributed by atoms with E-state index in [0.29, 0.717) is 0 Å². The molecule has 214 valence electrons. The van der Waals surface area contributed by atoms with Crippen LogP contribution in [0.4, 0.5) is 0 Å². The van der Waals surface area contributed by atoms with Gasteiger partial charge in [-0.05, 0) is 99.7 Å². The van der Waals surface area contributed by atoms with Gasteiger partial charge in [-0.15, -0.1) is 0 Å². The summed E-state index contributed by atoms with van der Waals surface area (Å²) in [5.74, 6) is 0. The lowest BCUT2D eigenvalue weighted by Crippen LogP contribution is -1.93. The summed E-state index contributed by atoms with van der Waals surface area (Å²) in [7, 11) is 0. The lowest BCUT2D eigenvalue weighted by atomic mass is 9.83. The Bertz CT molecular complexity index is 2500. The largest absolute Gasteiger partial charge is 0.0622 e. The molecule has 9 rings (SSSR count). The number of benzene rings is 9. The summed E-state index contributed by atoms with van der Waals surface area (Å²) in [5, 5.41) is 10.1. The second kappa shape index (κ2) is 10.9. The van der Waals surface area contributed by atoms with Crippen LogP contribution in [0.5, 0.6) is 0 Å². The van der Waals surface area contributed by atoms with Crippen LogP contribution in [-0.2, 0) is 0 Å². The Morgan fingerprint density at radius 2 is 0.739 bits per heavy atom. The van der Waals surface area contributed by atoms with E-state index in [0.717, 1.165) is 0 Å². The summed E-state index contributed by atoms with van der Waals surface area (Å²) in [6, 6.07) is 66.5. The van der Waals surface area contributed by atoms with Gasteiger partial charge in [0.25, 0.3) is 0 Å². The van der Waals surface area contributed by atoms with Crippen molar-refractivity contribution in [3.8, 4) is 44.5 Å². The number of hydrogen-bond donors (Lipinski definition) is 0. The molecule has 0 amide bonds. The molecule has 0 aromatic heterocycles. The fraction of sp³-hybridized carbons (Fsp3) is 0. The maximum Gasteiger partial charge on any atom is -0.00201 e. The lowest BCUT2D eigenvalue weighted by molar-refractivity contribution is 1.62. The molecule has 0 heteroatoms. The third-order valence-corrected chi connectivity index (χ3v) is 9.45. The molecule has 0 aliphatic heterocycles. The zero-order valence-electron chi connectivity index (χ0n) is 25.3. The highest BCUT2D eigenvalue weighted by Gasteiger charge is 2.19. The van der Waals surface area contributed by atoms with E-state index in [1.807, 2.05) is 0 Å². The van der Waals surface area contributed by atoms with Crippen molar-refractivity contribution in [2.75, 3.05) is 0 Å². The molecule has 0 heterocycles. The number of hydrogen-bond acceptors (Lipinski definition) is 0. The highest BCUT2D eigenvalue weighted by Crippen LogP contribution is 2.47. The average Bonchev–Trinajstić information content (AvgIpc) is 3.14. The van der Waals surface area contributed by atoms with E-state index in [2.05, 4.69) is 182 Å². The molecule has 0 aliphatic carbocycles. The molecule has 0 N–H and O–H groups in total. The first-order valence-electron chi connectivity index (χ1n) is 15.9. The molecule has 0 saturated carbocycles. The van der Waals surface area contributed by atoms with Gasteiger partial charge in [-0.1, -0.05) is 170 Å². The fourth-order valence-electron chi connectivity index (χ4n) is 7.32. The molecule has 0 unspecified atom stereocenters. The van der Waals surface area contributed by atoms with Crippen LogP contribution >= 0.6 is 0 Å². The van der Waals surface area contributed by atoms with Crippen molar-refractivity contribution in [1.29, 1.82) is 0 Å². The van der Waals surface area contributed by atoms with Crippen LogP contribution in [0.25, 0.3) is 87.6 Å². The lowest BCUT2D eigenvalue weighted by Gasteiger charge is -2.20. The molecule has 0 fully saturated rings. The predicted octanol–water partition coefficient (Wildman–Crippen LogP) is 13.0. The molecule has 9 aromatic carbocycles. The molecule has 0 radical (unpaired) electrons. The van der Waals surface area contributed by atoms with Crippen LogP contribution in [0.3, 0.4) is 0 Å². The van der Waals surface area contributed by atoms with Crippen molar-refractivity contribution < 1.29 is 0 Å². The van der Waals surface area contributed by atoms with Crippen LogP contribution in [-0.4, -0.2) is 0 Å². The summed E-state index contributed by atoms with van der Waals surface area (Å²) >= 11 is 0. The molecule has 0 atom stereocenters. The van der Waals surface area contributed by atoms with Gasteiger partial charge < -0.3 is 0 Å². The van der Waals surface area contributed by atoms with E-state index in [-0.39, 0.29) is 0 Å². The van der Waals surface area contributed by atoms with Crippen molar-refractivity contribution in [2.24, 2.45) is 0 Å². The molecule has 46 heavy (non-hydrogen) atoms. The Hall–Kier alpha value is -5.98. The monoisotopic (exact) mass is 582 g/mol. The van der Waals surface area contributed by atoms with Crippen molar-refractivity contribution >= 4 is 43.1 Å². The van der Waals surface area contributed by atoms with Crippen molar-refractivity contribution in [1.82, 2.24) is 0 Å². The van der Waals surface area contributed by atoms with E-state index in [4.69, 9.17) is 0 Å². The van der Waals surface area contributed by atoms with E-state index in [1.54, 1.807) is 0 Å². The molecule has 9 aromatic rings. The van der Waals surface area contributed by atoms with Crippen molar-refractivity contribution in [3.05, 3.63) is 182 Å². The maximum atomic E-state index is 2.38. The third-order valence-electron chi connectivity index (χ3n) is 9.45. The second-order valence-electron chi connectivity index (χ2n) is 12.1. The van der Waals surface area contributed by atoms with Crippen LogP contribution in [0, 0.1) is 0 Å². The Morgan fingerprint density at radius 3 is 1.41 bits per heavy atom. The quantitative estimate of drug-likeness (QED) is 0.181. The SMILES string of the molecule is c1ccc(-c2ccc3c(-c4c5ccccc5c(-c5ccc6ccccc6c5)c5ccccc45)ccc(-c4ccccc4)c3c2)cc1. The fourth-order valence-corrected chi connectivity index (χ4v) is 7.32. The van der Waals surface area contributed by atoms with Crippen molar-refractivity contribution in [2.45, 2.75) is 0 Å². The summed E-state index contributed by atoms with van der Waals surface area (Å²) in [5.41, 5.74) is 10.0. The molecular weight excluding hydrogens is 553 g/mol. The minimum absolute atomic E-state index is 1.23. The molecule has 0 bridgehead atoms. The highest BCUT2D eigenvalue weighted by atomic mass is 14.2. The molecule has 0 saturated heterocycles. The first kappa shape index (κ1) is 26.4. The first-order valence-corrected chi connectivity index (χ1v) is 15.9. The smallest absolute Gasteiger partial charge is 0.00201 e. The standard InChI is InChI=1S/C46H30/c1-3-13-31(14-4-1)35-25-26-38-43(28-27-37(44(38)30-35)33-16-5-2-6-17-33)46-41-21-11-9-19-39(41)45(40-20-10-12-22-42(40)46)36-24-23-32-15-7-8-18-34(32)29-36/h1-30H. The Labute approximate surface area is 268 Å². The minimum Gasteiger partial charge on any atom is -0.0622 e. The highest BCUT2D eigenvalue weighted by molar-refractivity contribution is 6.24. The zero-order valence-corrected chi connectivity index (χ0v) is 25.3. The predicted molar refractivity (Wildman–Crippen MR) is 198 cm³/mol. The molecular formula is C46H30. The first-order chi connectivity index (χ1) is 22.8. The summed E-state index contributed by atoms with van der Waals surface area (Å²) in [6.07, 6.45) is 0. The zero-order chi connectivity index (χ0) is 30.5.